The van der Waals surface area contributed by atoms with Gasteiger partial charge in [-0.15, -0.1) is 0 Å². The van der Waals surface area contributed by atoms with E-state index in [1.165, 1.54) is 25.7 Å². The topological polar surface area (TPSA) is 76.9 Å². The molecular formula is C10H18N4O. The van der Waals surface area contributed by atoms with Crippen molar-refractivity contribution in [1.29, 1.82) is 0 Å². The quantitative estimate of drug-likeness (QED) is 0.688. The van der Waals surface area contributed by atoms with Crippen molar-refractivity contribution in [2.45, 2.75) is 38.1 Å². The summed E-state index contributed by atoms with van der Waals surface area (Å²) in [7, 11) is 1.64. The Kier molecular flexibility index (Phi) is 2.81. The van der Waals surface area contributed by atoms with E-state index in [0.717, 1.165) is 0 Å². The zero-order valence-corrected chi connectivity index (χ0v) is 9.02. The van der Waals surface area contributed by atoms with Gasteiger partial charge in [0.15, 0.2) is 0 Å². The zero-order chi connectivity index (χ0) is 10.8. The summed E-state index contributed by atoms with van der Waals surface area (Å²) in [6.07, 6.45) is 6.46. The molecule has 0 saturated heterocycles. The second-order valence-corrected chi connectivity index (χ2v) is 4.05. The highest BCUT2D eigenvalue weighted by Gasteiger charge is 2.29. The lowest BCUT2D eigenvalue weighted by atomic mass is 10.2. The molecule has 0 aromatic carbocycles. The molecule has 4 N–H and O–H groups in total. The van der Waals surface area contributed by atoms with Gasteiger partial charge in [-0.2, -0.15) is 0 Å². The van der Waals surface area contributed by atoms with Crippen LogP contribution in [0, 0.1) is 0 Å². The molecule has 1 atom stereocenters. The largest absolute Gasteiger partial charge is 0.395 e. The Bertz CT molecular complexity index is 294. The number of hydrogen-bond acceptors (Lipinski definition) is 5. The molecule has 1 aliphatic heterocycles. The van der Waals surface area contributed by atoms with Crippen LogP contribution >= 0.6 is 0 Å². The van der Waals surface area contributed by atoms with Gasteiger partial charge in [-0.3, -0.25) is 0 Å². The number of amidine groups is 1. The average molecular weight is 210 g/mol. The fraction of sp³-hybridized carbons (Fsp3) is 0.700. The lowest BCUT2D eigenvalue weighted by molar-refractivity contribution is -0.0207. The van der Waals surface area contributed by atoms with Gasteiger partial charge in [-0.1, -0.05) is 12.8 Å². The summed E-state index contributed by atoms with van der Waals surface area (Å²) >= 11 is 0. The first kappa shape index (κ1) is 10.3. The Morgan fingerprint density at radius 3 is 2.67 bits per heavy atom. The van der Waals surface area contributed by atoms with Crippen LogP contribution in [0.15, 0.2) is 16.9 Å². The van der Waals surface area contributed by atoms with Crippen molar-refractivity contribution in [3.63, 3.8) is 0 Å². The molecule has 2 rings (SSSR count). The van der Waals surface area contributed by atoms with Gasteiger partial charge in [-0.05, 0) is 12.8 Å². The minimum absolute atomic E-state index is 0.305. The van der Waals surface area contributed by atoms with Crippen molar-refractivity contribution in [2.24, 2.45) is 16.5 Å². The van der Waals surface area contributed by atoms with E-state index in [1.54, 1.807) is 7.11 Å². The minimum Gasteiger partial charge on any atom is -0.395 e. The third kappa shape index (κ3) is 1.92. The molecule has 1 fully saturated rings. The van der Waals surface area contributed by atoms with E-state index >= 15 is 0 Å². The van der Waals surface area contributed by atoms with Crippen LogP contribution < -0.4 is 11.5 Å². The van der Waals surface area contributed by atoms with Crippen LogP contribution in [-0.2, 0) is 4.74 Å². The highest BCUT2D eigenvalue weighted by Crippen LogP contribution is 2.27. The van der Waals surface area contributed by atoms with Crippen molar-refractivity contribution < 1.29 is 4.74 Å². The Hall–Kier alpha value is -1.23. The third-order valence-corrected chi connectivity index (χ3v) is 3.05. The molecule has 15 heavy (non-hydrogen) atoms. The maximum Gasteiger partial charge on any atom is 0.229 e. The van der Waals surface area contributed by atoms with Gasteiger partial charge in [0.2, 0.25) is 6.35 Å². The molecular weight excluding hydrogens is 192 g/mol. The highest BCUT2D eigenvalue weighted by molar-refractivity contribution is 5.96. The number of methoxy groups -OCH3 is 1. The van der Waals surface area contributed by atoms with Crippen molar-refractivity contribution in [2.75, 3.05) is 7.11 Å². The molecule has 0 spiro atoms. The Labute approximate surface area is 89.8 Å². The normalized spacial score (nSPS) is 27.8. The summed E-state index contributed by atoms with van der Waals surface area (Å²) in [4.78, 5) is 6.29. The number of ether oxygens (including phenoxy) is 1. The summed E-state index contributed by atoms with van der Waals surface area (Å²) in [5.41, 5.74) is 12.0. The van der Waals surface area contributed by atoms with Gasteiger partial charge < -0.3 is 21.1 Å². The molecule has 0 bridgehead atoms. The molecule has 84 valence electrons. The van der Waals surface area contributed by atoms with Gasteiger partial charge >= 0.3 is 0 Å². The second kappa shape index (κ2) is 4.10. The second-order valence-electron chi connectivity index (χ2n) is 4.05. The minimum atomic E-state index is -0.305. The number of aliphatic imine (C=N–C) groups is 1. The first-order valence-electron chi connectivity index (χ1n) is 5.33. The summed E-state index contributed by atoms with van der Waals surface area (Å²) in [5, 5.41) is 0. The molecule has 5 heteroatoms. The van der Waals surface area contributed by atoms with Crippen LogP contribution in [0.25, 0.3) is 0 Å². The van der Waals surface area contributed by atoms with E-state index in [9.17, 15) is 0 Å². The number of rotatable bonds is 2. The molecule has 1 saturated carbocycles. The summed E-state index contributed by atoms with van der Waals surface area (Å²) in [6, 6.07) is 0.491. The standard InChI is InChI=1S/C10H18N4O/c1-15-10-13-9(12)8(11)6-14(10)7-4-2-3-5-7/h6-7,10H,2-5,11H2,1H3,(H2,12,13). The van der Waals surface area contributed by atoms with Crippen molar-refractivity contribution in [3.05, 3.63) is 11.9 Å². The maximum atomic E-state index is 5.76. The van der Waals surface area contributed by atoms with E-state index < -0.39 is 0 Å². The maximum absolute atomic E-state index is 5.76. The van der Waals surface area contributed by atoms with Gasteiger partial charge in [0.1, 0.15) is 5.84 Å². The fourth-order valence-corrected chi connectivity index (χ4v) is 2.21. The SMILES string of the molecule is COC1N=C(N)C(N)=CN1C1CCCC1. The van der Waals surface area contributed by atoms with Gasteiger partial charge in [0, 0.05) is 19.4 Å². The lowest BCUT2D eigenvalue weighted by Crippen LogP contribution is -2.44. The molecule has 0 aromatic rings. The van der Waals surface area contributed by atoms with Gasteiger partial charge in [0.05, 0.1) is 5.70 Å². The summed E-state index contributed by atoms with van der Waals surface area (Å²) in [5.74, 6) is 0.371. The molecule has 5 nitrogen and oxygen atoms in total. The summed E-state index contributed by atoms with van der Waals surface area (Å²) in [6.45, 7) is 0. The molecule has 0 radical (unpaired) electrons. The van der Waals surface area contributed by atoms with Crippen LogP contribution in [0.5, 0.6) is 0 Å². The highest BCUT2D eigenvalue weighted by atomic mass is 16.5. The third-order valence-electron chi connectivity index (χ3n) is 3.05. The van der Waals surface area contributed by atoms with Crippen LogP contribution in [0.3, 0.4) is 0 Å². The van der Waals surface area contributed by atoms with Crippen molar-refractivity contribution in [3.8, 4) is 0 Å². The van der Waals surface area contributed by atoms with Crippen LogP contribution in [0.2, 0.25) is 0 Å². The Morgan fingerprint density at radius 1 is 1.40 bits per heavy atom. The molecule has 1 unspecified atom stereocenters. The Morgan fingerprint density at radius 2 is 2.07 bits per heavy atom. The smallest absolute Gasteiger partial charge is 0.229 e. The van der Waals surface area contributed by atoms with E-state index in [4.69, 9.17) is 16.2 Å². The molecule has 1 heterocycles. The molecule has 0 amide bonds. The van der Waals surface area contributed by atoms with Crippen LogP contribution in [0.4, 0.5) is 0 Å². The fourth-order valence-electron chi connectivity index (χ4n) is 2.21. The lowest BCUT2D eigenvalue weighted by Gasteiger charge is -2.35. The van der Waals surface area contributed by atoms with Gasteiger partial charge in [-0.25, -0.2) is 4.99 Å². The first-order chi connectivity index (χ1) is 7.22. The number of hydrogen-bond donors (Lipinski definition) is 2. The number of nitrogens with two attached hydrogens (primary N) is 2. The van der Waals surface area contributed by atoms with E-state index in [-0.39, 0.29) is 6.35 Å². The molecule has 1 aliphatic carbocycles. The predicted molar refractivity (Wildman–Crippen MR) is 58.8 cm³/mol. The molecule has 2 aliphatic rings. The molecule has 0 aromatic heterocycles. The van der Waals surface area contributed by atoms with Crippen LogP contribution in [0.1, 0.15) is 25.7 Å². The number of nitrogens with zero attached hydrogens (tertiary/aromatic N) is 2. The Balaban J connectivity index is 2.15. The van der Waals surface area contributed by atoms with Crippen LogP contribution in [-0.4, -0.2) is 30.2 Å². The monoisotopic (exact) mass is 210 g/mol. The van der Waals surface area contributed by atoms with E-state index in [2.05, 4.69) is 9.89 Å². The zero-order valence-electron chi connectivity index (χ0n) is 9.02. The average Bonchev–Trinajstić information content (AvgIpc) is 2.74. The first-order valence-corrected chi connectivity index (χ1v) is 5.33. The summed E-state index contributed by atoms with van der Waals surface area (Å²) < 4.78 is 5.29. The van der Waals surface area contributed by atoms with Gasteiger partial charge in [0.25, 0.3) is 0 Å². The van der Waals surface area contributed by atoms with Crippen molar-refractivity contribution >= 4 is 5.84 Å². The van der Waals surface area contributed by atoms with E-state index in [0.29, 0.717) is 17.6 Å². The van der Waals surface area contributed by atoms with Crippen molar-refractivity contribution in [1.82, 2.24) is 4.90 Å². The predicted octanol–water partition coefficient (Wildman–Crippen LogP) is 0.332. The van der Waals surface area contributed by atoms with E-state index in [1.807, 2.05) is 6.20 Å².